The minimum absolute atomic E-state index is 0.00266. The highest BCUT2D eigenvalue weighted by atomic mass is 32.2. The maximum atomic E-state index is 12.9. The van der Waals surface area contributed by atoms with Gasteiger partial charge in [-0.3, -0.25) is 4.79 Å². The number of nitrogens with one attached hydrogen (secondary N) is 1. The molecule has 0 bridgehead atoms. The van der Waals surface area contributed by atoms with Crippen LogP contribution >= 0.6 is 11.8 Å². The Morgan fingerprint density at radius 1 is 1.17 bits per heavy atom. The van der Waals surface area contributed by atoms with Crippen molar-refractivity contribution in [1.29, 1.82) is 0 Å². The molecule has 0 aromatic heterocycles. The fourth-order valence-corrected chi connectivity index (χ4v) is 3.23. The summed E-state index contributed by atoms with van der Waals surface area (Å²) >= 11 is 1.60. The summed E-state index contributed by atoms with van der Waals surface area (Å²) in [7, 11) is 0. The zero-order valence-electron chi connectivity index (χ0n) is 13.7. The number of halogens is 1. The number of rotatable bonds is 6. The minimum Gasteiger partial charge on any atom is -0.349 e. The Bertz CT molecular complexity index is 670. The van der Waals surface area contributed by atoms with E-state index in [1.165, 1.54) is 28.8 Å². The standard InChI is InChI=1S/C19H22FNOS/c1-13-4-5-14(2)17(10-13)11-23-12-19(22)21-15(3)16-6-8-18(20)9-7-16/h4-10,15H,11-12H2,1-3H3,(H,21,22). The van der Waals surface area contributed by atoms with Gasteiger partial charge in [0.2, 0.25) is 5.91 Å². The quantitative estimate of drug-likeness (QED) is 0.841. The molecule has 0 heterocycles. The largest absolute Gasteiger partial charge is 0.349 e. The van der Waals surface area contributed by atoms with Gasteiger partial charge in [0, 0.05) is 5.75 Å². The van der Waals surface area contributed by atoms with Crippen LogP contribution in [0.25, 0.3) is 0 Å². The van der Waals surface area contributed by atoms with Crippen molar-refractivity contribution in [3.63, 3.8) is 0 Å². The van der Waals surface area contributed by atoms with E-state index >= 15 is 0 Å². The number of hydrogen-bond acceptors (Lipinski definition) is 2. The fourth-order valence-electron chi connectivity index (χ4n) is 2.33. The highest BCUT2D eigenvalue weighted by Gasteiger charge is 2.10. The molecule has 23 heavy (non-hydrogen) atoms. The van der Waals surface area contributed by atoms with Gasteiger partial charge in [-0.1, -0.05) is 35.9 Å². The van der Waals surface area contributed by atoms with E-state index in [-0.39, 0.29) is 17.8 Å². The lowest BCUT2D eigenvalue weighted by molar-refractivity contribution is -0.119. The van der Waals surface area contributed by atoms with Crippen molar-refractivity contribution in [1.82, 2.24) is 5.32 Å². The molecule has 0 aliphatic carbocycles. The molecule has 1 unspecified atom stereocenters. The highest BCUT2D eigenvalue weighted by molar-refractivity contribution is 7.99. The average Bonchev–Trinajstić information content (AvgIpc) is 2.51. The van der Waals surface area contributed by atoms with Gasteiger partial charge in [0.05, 0.1) is 11.8 Å². The molecule has 0 aliphatic heterocycles. The number of thioether (sulfide) groups is 1. The molecule has 0 fully saturated rings. The van der Waals surface area contributed by atoms with Gasteiger partial charge >= 0.3 is 0 Å². The summed E-state index contributed by atoms with van der Waals surface area (Å²) in [6, 6.07) is 12.5. The third-order valence-corrected chi connectivity index (χ3v) is 4.72. The van der Waals surface area contributed by atoms with Crippen LogP contribution in [0, 0.1) is 19.7 Å². The summed E-state index contributed by atoms with van der Waals surface area (Å²) in [5.41, 5.74) is 4.66. The molecule has 0 saturated heterocycles. The van der Waals surface area contributed by atoms with Crippen molar-refractivity contribution in [2.75, 3.05) is 5.75 Å². The summed E-state index contributed by atoms with van der Waals surface area (Å²) < 4.78 is 12.9. The zero-order chi connectivity index (χ0) is 16.8. The normalized spacial score (nSPS) is 12.0. The van der Waals surface area contributed by atoms with Gasteiger partial charge in [0.15, 0.2) is 0 Å². The van der Waals surface area contributed by atoms with Crippen molar-refractivity contribution >= 4 is 17.7 Å². The lowest BCUT2D eigenvalue weighted by Gasteiger charge is -2.14. The second kappa shape index (κ2) is 8.16. The Hall–Kier alpha value is -1.81. The van der Waals surface area contributed by atoms with E-state index in [0.29, 0.717) is 5.75 Å². The maximum absolute atomic E-state index is 12.9. The first-order valence-electron chi connectivity index (χ1n) is 7.64. The van der Waals surface area contributed by atoms with Crippen molar-refractivity contribution in [3.8, 4) is 0 Å². The van der Waals surface area contributed by atoms with E-state index in [1.807, 2.05) is 6.92 Å². The third-order valence-electron chi connectivity index (χ3n) is 3.74. The molecule has 122 valence electrons. The molecule has 4 heteroatoms. The van der Waals surface area contributed by atoms with E-state index in [2.05, 4.69) is 37.4 Å². The van der Waals surface area contributed by atoms with Crippen molar-refractivity contribution in [2.24, 2.45) is 0 Å². The fraction of sp³-hybridized carbons (Fsp3) is 0.316. The summed E-state index contributed by atoms with van der Waals surface area (Å²) in [6.07, 6.45) is 0. The number of amides is 1. The Morgan fingerprint density at radius 3 is 2.57 bits per heavy atom. The lowest BCUT2D eigenvalue weighted by atomic mass is 10.1. The molecule has 1 N–H and O–H groups in total. The van der Waals surface area contributed by atoms with Crippen LogP contribution in [0.1, 0.15) is 35.2 Å². The molecule has 2 aromatic carbocycles. The smallest absolute Gasteiger partial charge is 0.230 e. The second-order valence-electron chi connectivity index (χ2n) is 5.76. The van der Waals surface area contributed by atoms with Gasteiger partial charge in [-0.15, -0.1) is 11.8 Å². The van der Waals surface area contributed by atoms with Crippen LogP contribution in [0.3, 0.4) is 0 Å². The molecule has 0 aliphatic rings. The first kappa shape index (κ1) is 17.5. The van der Waals surface area contributed by atoms with Crippen LogP contribution < -0.4 is 5.32 Å². The molecule has 0 saturated carbocycles. The van der Waals surface area contributed by atoms with Gasteiger partial charge in [-0.05, 0) is 49.6 Å². The number of carbonyl (C=O) groups is 1. The maximum Gasteiger partial charge on any atom is 0.230 e. The number of benzene rings is 2. The van der Waals surface area contributed by atoms with Crippen LogP contribution in [0.15, 0.2) is 42.5 Å². The van der Waals surface area contributed by atoms with Crippen molar-refractivity contribution in [2.45, 2.75) is 32.6 Å². The summed E-state index contributed by atoms with van der Waals surface area (Å²) in [6.45, 7) is 6.07. The van der Waals surface area contributed by atoms with E-state index in [1.54, 1.807) is 23.9 Å². The molecule has 1 atom stereocenters. The summed E-state index contributed by atoms with van der Waals surface area (Å²) in [5.74, 6) is 0.971. The number of aryl methyl sites for hydroxylation is 2. The lowest BCUT2D eigenvalue weighted by Crippen LogP contribution is -2.28. The zero-order valence-corrected chi connectivity index (χ0v) is 14.5. The van der Waals surface area contributed by atoms with Gasteiger partial charge < -0.3 is 5.32 Å². The topological polar surface area (TPSA) is 29.1 Å². The molecular weight excluding hydrogens is 309 g/mol. The van der Waals surface area contributed by atoms with E-state index in [9.17, 15) is 9.18 Å². The molecule has 2 rings (SSSR count). The van der Waals surface area contributed by atoms with E-state index in [0.717, 1.165) is 11.3 Å². The minimum atomic E-state index is -0.267. The summed E-state index contributed by atoms with van der Waals surface area (Å²) in [4.78, 5) is 12.0. The summed E-state index contributed by atoms with van der Waals surface area (Å²) in [5, 5.41) is 2.95. The monoisotopic (exact) mass is 331 g/mol. The predicted molar refractivity (Wildman–Crippen MR) is 95.0 cm³/mol. The molecule has 0 radical (unpaired) electrons. The Balaban J connectivity index is 1.81. The van der Waals surface area contributed by atoms with Crippen molar-refractivity contribution in [3.05, 3.63) is 70.5 Å². The first-order valence-corrected chi connectivity index (χ1v) is 8.80. The van der Waals surface area contributed by atoms with Gasteiger partial charge in [0.25, 0.3) is 0 Å². The third kappa shape index (κ3) is 5.39. The number of carbonyl (C=O) groups excluding carboxylic acids is 1. The highest BCUT2D eigenvalue weighted by Crippen LogP contribution is 2.18. The Labute approximate surface area is 141 Å². The van der Waals surface area contributed by atoms with Crippen molar-refractivity contribution < 1.29 is 9.18 Å². The van der Waals surface area contributed by atoms with Crippen LogP contribution in [0.4, 0.5) is 4.39 Å². The SMILES string of the molecule is Cc1ccc(C)c(CSCC(=O)NC(C)c2ccc(F)cc2)c1. The van der Waals surface area contributed by atoms with Crippen LogP contribution in [0.2, 0.25) is 0 Å². The van der Waals surface area contributed by atoms with Gasteiger partial charge in [-0.25, -0.2) is 4.39 Å². The Morgan fingerprint density at radius 2 is 1.87 bits per heavy atom. The van der Waals surface area contributed by atoms with E-state index < -0.39 is 0 Å². The van der Waals surface area contributed by atoms with Crippen LogP contribution in [-0.4, -0.2) is 11.7 Å². The second-order valence-corrected chi connectivity index (χ2v) is 6.75. The van der Waals surface area contributed by atoms with Gasteiger partial charge in [-0.2, -0.15) is 0 Å². The van der Waals surface area contributed by atoms with E-state index in [4.69, 9.17) is 0 Å². The van der Waals surface area contributed by atoms with Crippen LogP contribution in [0.5, 0.6) is 0 Å². The molecular formula is C19H22FNOS. The average molecular weight is 331 g/mol. The predicted octanol–water partition coefficient (Wildman–Crippen LogP) is 4.55. The Kier molecular flexibility index (Phi) is 6.22. The molecule has 2 aromatic rings. The van der Waals surface area contributed by atoms with Crippen LogP contribution in [-0.2, 0) is 10.5 Å². The number of hydrogen-bond donors (Lipinski definition) is 1. The van der Waals surface area contributed by atoms with Gasteiger partial charge in [0.1, 0.15) is 5.82 Å². The molecule has 0 spiro atoms. The first-order chi connectivity index (χ1) is 11.0. The molecule has 1 amide bonds. The molecule has 2 nitrogen and oxygen atoms in total.